The van der Waals surface area contributed by atoms with Crippen LogP contribution in [0.15, 0.2) is 83.0 Å². The van der Waals surface area contributed by atoms with Crippen molar-refractivity contribution in [2.75, 3.05) is 32.2 Å². The minimum absolute atomic E-state index is 0.184. The molecule has 234 valence electrons. The van der Waals surface area contributed by atoms with Crippen molar-refractivity contribution in [3.63, 3.8) is 0 Å². The maximum Gasteiger partial charge on any atom is 0.337 e. The number of allylic oxidation sites excluding steroid dienone is 3. The molecule has 1 heterocycles. The minimum Gasteiger partial charge on any atom is -0.491 e. The molecule has 0 saturated carbocycles. The average Bonchev–Trinajstić information content (AvgIpc) is 3.40. The van der Waals surface area contributed by atoms with Crippen LogP contribution in [0.2, 0.25) is 0 Å². The van der Waals surface area contributed by atoms with Crippen molar-refractivity contribution in [3.05, 3.63) is 94.7 Å². The van der Waals surface area contributed by atoms with Gasteiger partial charge in [0, 0.05) is 42.5 Å². The highest BCUT2D eigenvalue weighted by Crippen LogP contribution is 2.36. The number of fused-ring (bicyclic) bond motifs is 1. The number of carbonyl (C=O) groups excluding carboxylic acids is 2. The fourth-order valence-electron chi connectivity index (χ4n) is 5.57. The summed E-state index contributed by atoms with van der Waals surface area (Å²) in [5.74, 6) is 1.75. The summed E-state index contributed by atoms with van der Waals surface area (Å²) in [5.41, 5.74) is 4.52. The number of esters is 1. The Balaban J connectivity index is 1.59. The molecule has 44 heavy (non-hydrogen) atoms. The lowest BCUT2D eigenvalue weighted by molar-refractivity contribution is -0.135. The van der Waals surface area contributed by atoms with Crippen LogP contribution >= 0.6 is 0 Å². The summed E-state index contributed by atoms with van der Waals surface area (Å²) in [7, 11) is 3.06. The van der Waals surface area contributed by atoms with Crippen LogP contribution in [0.3, 0.4) is 0 Å². The van der Waals surface area contributed by atoms with E-state index in [2.05, 4.69) is 53.4 Å². The van der Waals surface area contributed by atoms with E-state index in [4.69, 9.17) is 9.47 Å². The topological polar surface area (TPSA) is 92.3 Å². The Kier molecular flexibility index (Phi) is 10.7. The molecule has 2 unspecified atom stereocenters. The van der Waals surface area contributed by atoms with E-state index in [1.165, 1.54) is 12.7 Å². The maximum absolute atomic E-state index is 13.8. The van der Waals surface area contributed by atoms with E-state index in [9.17, 15) is 9.59 Å². The molecule has 0 fully saturated rings. The predicted octanol–water partition coefficient (Wildman–Crippen LogP) is 6.30. The molecule has 0 bridgehead atoms. The Morgan fingerprint density at radius 3 is 2.64 bits per heavy atom. The van der Waals surface area contributed by atoms with Crippen LogP contribution in [0.25, 0.3) is 0 Å². The van der Waals surface area contributed by atoms with E-state index in [1.54, 1.807) is 19.2 Å². The summed E-state index contributed by atoms with van der Waals surface area (Å²) >= 11 is 0. The van der Waals surface area contributed by atoms with Gasteiger partial charge in [-0.05, 0) is 61.6 Å². The Hall–Kier alpha value is -4.33. The molecule has 8 nitrogen and oxygen atoms in total. The van der Waals surface area contributed by atoms with Crippen LogP contribution in [-0.2, 0) is 16.1 Å². The van der Waals surface area contributed by atoms with Crippen molar-refractivity contribution in [1.29, 1.82) is 0 Å². The molecule has 2 aromatic carbocycles. The predicted molar refractivity (Wildman–Crippen MR) is 177 cm³/mol. The van der Waals surface area contributed by atoms with Crippen LogP contribution < -0.4 is 20.3 Å². The zero-order chi connectivity index (χ0) is 31.9. The second-order valence-electron chi connectivity index (χ2n) is 12.0. The van der Waals surface area contributed by atoms with Gasteiger partial charge in [-0.2, -0.15) is 0 Å². The Bertz CT molecular complexity index is 1490. The number of hydrogen-bond donors (Lipinski definition) is 2. The van der Waals surface area contributed by atoms with Gasteiger partial charge >= 0.3 is 5.97 Å². The van der Waals surface area contributed by atoms with Gasteiger partial charge in [0.15, 0.2) is 0 Å². The number of nitrogens with zero attached hydrogens (tertiary/aromatic N) is 2. The second-order valence-corrected chi connectivity index (χ2v) is 12.0. The summed E-state index contributed by atoms with van der Waals surface area (Å²) in [6.45, 7) is 12.6. The molecule has 2 atom stereocenters. The first-order chi connectivity index (χ1) is 21.1. The van der Waals surface area contributed by atoms with E-state index >= 15 is 0 Å². The number of benzene rings is 2. The molecule has 0 saturated heterocycles. The SMILES string of the molecule is CCC(C)C(C)c1ccc(C(=O)NC(C)(C)C(=NC)NC2=CC=C(C(=O)OC)C=CC2)cc1N1CCOc2ccccc2C1. The lowest BCUT2D eigenvalue weighted by Crippen LogP contribution is -2.54. The summed E-state index contributed by atoms with van der Waals surface area (Å²) in [6, 6.07) is 14.2. The van der Waals surface area contributed by atoms with Crippen LogP contribution in [0, 0.1) is 5.92 Å². The molecule has 2 aromatic rings. The molecular weight excluding hydrogens is 552 g/mol. The fourth-order valence-corrected chi connectivity index (χ4v) is 5.57. The van der Waals surface area contributed by atoms with Crippen molar-refractivity contribution in [2.45, 2.75) is 65.5 Å². The number of aliphatic imine (C=N–C) groups is 1. The molecule has 1 amide bonds. The van der Waals surface area contributed by atoms with Gasteiger partial charge in [-0.25, -0.2) is 4.79 Å². The number of rotatable bonds is 9. The van der Waals surface area contributed by atoms with Crippen molar-refractivity contribution in [2.24, 2.45) is 10.9 Å². The van der Waals surface area contributed by atoms with Gasteiger partial charge in [0.2, 0.25) is 0 Å². The van der Waals surface area contributed by atoms with Gasteiger partial charge in [-0.15, -0.1) is 0 Å². The number of anilines is 1. The standard InChI is InChI=1S/C36H46N4O4/c1-8-24(2)25(3)30-19-17-27(22-31(30)40-20-21-44-32-15-10-9-12-28(32)23-40)33(41)39-36(4,5)35(37-6)38-29-14-11-13-26(16-18-29)34(42)43-7/h9-13,15-19,22,24-25H,8,14,20-21,23H2,1-7H3,(H,37,38)(H,39,41). The second kappa shape index (κ2) is 14.4. The summed E-state index contributed by atoms with van der Waals surface area (Å²) < 4.78 is 10.9. The number of ether oxygens (including phenoxy) is 2. The summed E-state index contributed by atoms with van der Waals surface area (Å²) in [5, 5.41) is 6.56. The van der Waals surface area contributed by atoms with Crippen molar-refractivity contribution < 1.29 is 19.1 Å². The largest absolute Gasteiger partial charge is 0.491 e. The van der Waals surface area contributed by atoms with Crippen LogP contribution in [0.4, 0.5) is 5.69 Å². The summed E-state index contributed by atoms with van der Waals surface area (Å²) in [6.07, 6.45) is 8.82. The van der Waals surface area contributed by atoms with Gasteiger partial charge in [-0.3, -0.25) is 9.79 Å². The molecule has 0 radical (unpaired) electrons. The highest BCUT2D eigenvalue weighted by molar-refractivity contribution is 6.01. The minimum atomic E-state index is -0.810. The molecule has 1 aliphatic heterocycles. The first-order valence-corrected chi connectivity index (χ1v) is 15.4. The molecule has 1 aliphatic carbocycles. The van der Waals surface area contributed by atoms with Crippen molar-refractivity contribution in [1.82, 2.24) is 10.6 Å². The van der Waals surface area contributed by atoms with Gasteiger partial charge in [-0.1, -0.05) is 63.6 Å². The van der Waals surface area contributed by atoms with E-state index < -0.39 is 11.5 Å². The molecule has 2 N–H and O–H groups in total. The molecule has 0 aromatic heterocycles. The van der Waals surface area contributed by atoms with E-state index in [0.717, 1.165) is 35.7 Å². The third-order valence-corrected chi connectivity index (χ3v) is 8.61. The maximum atomic E-state index is 13.8. The lowest BCUT2D eigenvalue weighted by Gasteiger charge is -2.31. The average molecular weight is 599 g/mol. The van der Waals surface area contributed by atoms with Crippen LogP contribution in [0.1, 0.15) is 74.9 Å². The number of nitrogens with one attached hydrogen (secondary N) is 2. The molecular formula is C36H46N4O4. The number of carbonyl (C=O) groups is 2. The third-order valence-electron chi connectivity index (χ3n) is 8.61. The van der Waals surface area contributed by atoms with Gasteiger partial charge in [0.1, 0.15) is 18.2 Å². The summed E-state index contributed by atoms with van der Waals surface area (Å²) in [4.78, 5) is 32.6. The number of para-hydroxylation sites is 1. The first kappa shape index (κ1) is 32.6. The number of methoxy groups -OCH3 is 1. The molecule has 2 aliphatic rings. The van der Waals surface area contributed by atoms with E-state index in [0.29, 0.717) is 48.4 Å². The Labute approximate surface area is 261 Å². The van der Waals surface area contributed by atoms with Crippen LogP contribution in [-0.4, -0.2) is 50.6 Å². The third kappa shape index (κ3) is 7.59. The molecule has 0 spiro atoms. The van der Waals surface area contributed by atoms with Crippen molar-refractivity contribution in [3.8, 4) is 5.75 Å². The smallest absolute Gasteiger partial charge is 0.337 e. The van der Waals surface area contributed by atoms with Gasteiger partial charge < -0.3 is 25.0 Å². The molecule has 4 rings (SSSR count). The highest BCUT2D eigenvalue weighted by Gasteiger charge is 2.29. The van der Waals surface area contributed by atoms with Crippen molar-refractivity contribution >= 4 is 23.4 Å². The number of amides is 1. The Morgan fingerprint density at radius 1 is 1.14 bits per heavy atom. The molecule has 8 heteroatoms. The first-order valence-electron chi connectivity index (χ1n) is 15.4. The number of hydrogen-bond acceptors (Lipinski definition) is 6. The monoisotopic (exact) mass is 598 g/mol. The lowest BCUT2D eigenvalue weighted by atomic mass is 9.85. The fraction of sp³-hybridized carbons (Fsp3) is 0.417. The van der Waals surface area contributed by atoms with Gasteiger partial charge in [0.25, 0.3) is 5.91 Å². The van der Waals surface area contributed by atoms with Gasteiger partial charge in [0.05, 0.1) is 24.8 Å². The zero-order valence-corrected chi connectivity index (χ0v) is 27.1. The highest BCUT2D eigenvalue weighted by atomic mass is 16.5. The number of amidine groups is 1. The van der Waals surface area contributed by atoms with E-state index in [-0.39, 0.29) is 5.91 Å². The Morgan fingerprint density at radius 2 is 1.91 bits per heavy atom. The van der Waals surface area contributed by atoms with Crippen LogP contribution in [0.5, 0.6) is 5.75 Å². The quantitative estimate of drug-likeness (QED) is 0.200. The zero-order valence-electron chi connectivity index (χ0n) is 27.1. The van der Waals surface area contributed by atoms with E-state index in [1.807, 2.05) is 56.3 Å². The normalized spacial score (nSPS) is 16.7.